The van der Waals surface area contributed by atoms with Crippen LogP contribution in [0.5, 0.6) is 5.75 Å². The number of carbonyl (C=O) groups excluding carboxylic acids is 1. The van der Waals surface area contributed by atoms with Gasteiger partial charge in [0.2, 0.25) is 0 Å². The molecule has 2 atom stereocenters. The second-order valence-electron chi connectivity index (χ2n) is 8.52. The van der Waals surface area contributed by atoms with Crippen LogP contribution in [-0.4, -0.2) is 74.5 Å². The Balaban J connectivity index is 1.23. The minimum absolute atomic E-state index is 0.0284. The molecule has 0 saturated carbocycles. The van der Waals surface area contributed by atoms with Crippen molar-refractivity contribution in [2.45, 2.75) is 32.6 Å². The maximum atomic E-state index is 12.6. The third-order valence-electron chi connectivity index (χ3n) is 6.00. The van der Waals surface area contributed by atoms with Crippen LogP contribution in [0.25, 0.3) is 0 Å². The number of anilines is 2. The second-order valence-corrected chi connectivity index (χ2v) is 8.52. The van der Waals surface area contributed by atoms with E-state index in [1.54, 1.807) is 7.11 Å². The van der Waals surface area contributed by atoms with Crippen LogP contribution < -0.4 is 19.9 Å². The SMILES string of the molecule is COc1ccc(N2CCN(C(=O)NCc3ccc(N4CC(C)OC(C)C4)nc3)CC2)cc1. The number of hydrogen-bond acceptors (Lipinski definition) is 6. The summed E-state index contributed by atoms with van der Waals surface area (Å²) in [5.41, 5.74) is 2.15. The number of piperazine rings is 1. The molecule has 1 aromatic carbocycles. The van der Waals surface area contributed by atoms with Gasteiger partial charge in [0.15, 0.2) is 0 Å². The average molecular weight is 440 g/mol. The smallest absolute Gasteiger partial charge is 0.317 e. The van der Waals surface area contributed by atoms with Crippen molar-refractivity contribution in [1.29, 1.82) is 0 Å². The highest BCUT2D eigenvalue weighted by molar-refractivity contribution is 5.74. The lowest BCUT2D eigenvalue weighted by molar-refractivity contribution is -0.00546. The number of nitrogens with zero attached hydrogens (tertiary/aromatic N) is 4. The van der Waals surface area contributed by atoms with E-state index in [-0.39, 0.29) is 18.2 Å². The van der Waals surface area contributed by atoms with E-state index in [0.29, 0.717) is 19.6 Å². The summed E-state index contributed by atoms with van der Waals surface area (Å²) in [7, 11) is 1.67. The van der Waals surface area contributed by atoms with Crippen molar-refractivity contribution >= 4 is 17.5 Å². The first kappa shape index (κ1) is 22.2. The zero-order valence-corrected chi connectivity index (χ0v) is 19.2. The molecular formula is C24H33N5O3. The van der Waals surface area contributed by atoms with Gasteiger partial charge >= 0.3 is 6.03 Å². The summed E-state index contributed by atoms with van der Waals surface area (Å²) in [6.45, 7) is 9.35. The molecule has 8 nitrogen and oxygen atoms in total. The topological polar surface area (TPSA) is 70.2 Å². The number of morpholine rings is 1. The van der Waals surface area contributed by atoms with Gasteiger partial charge in [-0.25, -0.2) is 9.78 Å². The number of amides is 2. The van der Waals surface area contributed by atoms with E-state index in [1.807, 2.05) is 35.4 Å². The first-order valence-corrected chi connectivity index (χ1v) is 11.3. The molecule has 0 bridgehead atoms. The molecular weight excluding hydrogens is 406 g/mol. The number of benzene rings is 1. The first-order valence-electron chi connectivity index (χ1n) is 11.3. The van der Waals surface area contributed by atoms with Crippen molar-refractivity contribution in [2.75, 3.05) is 56.2 Å². The fraction of sp³-hybridized carbons (Fsp3) is 0.500. The number of ether oxygens (including phenoxy) is 2. The van der Waals surface area contributed by atoms with E-state index in [4.69, 9.17) is 9.47 Å². The predicted molar refractivity (Wildman–Crippen MR) is 125 cm³/mol. The Morgan fingerprint density at radius 2 is 1.72 bits per heavy atom. The van der Waals surface area contributed by atoms with Crippen LogP contribution in [0.3, 0.4) is 0 Å². The molecule has 0 radical (unpaired) electrons. The van der Waals surface area contributed by atoms with Crippen molar-refractivity contribution < 1.29 is 14.3 Å². The first-order chi connectivity index (χ1) is 15.5. The summed E-state index contributed by atoms with van der Waals surface area (Å²) in [5.74, 6) is 1.81. The second kappa shape index (κ2) is 10.1. The highest BCUT2D eigenvalue weighted by Gasteiger charge is 2.23. The van der Waals surface area contributed by atoms with Gasteiger partial charge in [-0.2, -0.15) is 0 Å². The molecule has 2 amide bonds. The van der Waals surface area contributed by atoms with E-state index in [0.717, 1.165) is 49.0 Å². The molecule has 2 fully saturated rings. The van der Waals surface area contributed by atoms with Gasteiger partial charge < -0.3 is 29.5 Å². The number of aromatic nitrogens is 1. The summed E-state index contributed by atoms with van der Waals surface area (Å²) >= 11 is 0. The van der Waals surface area contributed by atoms with Crippen LogP contribution in [0, 0.1) is 0 Å². The molecule has 32 heavy (non-hydrogen) atoms. The van der Waals surface area contributed by atoms with Crippen LogP contribution in [0.1, 0.15) is 19.4 Å². The van der Waals surface area contributed by atoms with Gasteiger partial charge in [-0.3, -0.25) is 0 Å². The van der Waals surface area contributed by atoms with Gasteiger partial charge in [0.25, 0.3) is 0 Å². The molecule has 8 heteroatoms. The number of hydrogen-bond donors (Lipinski definition) is 1. The Morgan fingerprint density at radius 3 is 2.31 bits per heavy atom. The van der Waals surface area contributed by atoms with Crippen molar-refractivity contribution in [3.05, 3.63) is 48.2 Å². The normalized spacial score (nSPS) is 21.4. The van der Waals surface area contributed by atoms with Gasteiger partial charge in [-0.1, -0.05) is 6.07 Å². The monoisotopic (exact) mass is 439 g/mol. The van der Waals surface area contributed by atoms with Gasteiger partial charge in [0.1, 0.15) is 11.6 Å². The lowest BCUT2D eigenvalue weighted by Gasteiger charge is -2.36. The lowest BCUT2D eigenvalue weighted by atomic mass is 10.2. The quantitative estimate of drug-likeness (QED) is 0.773. The summed E-state index contributed by atoms with van der Waals surface area (Å²) < 4.78 is 11.0. The summed E-state index contributed by atoms with van der Waals surface area (Å²) in [6, 6.07) is 12.1. The van der Waals surface area contributed by atoms with Crippen molar-refractivity contribution in [1.82, 2.24) is 15.2 Å². The molecule has 2 aliphatic rings. The summed E-state index contributed by atoms with van der Waals surface area (Å²) in [6.07, 6.45) is 2.25. The maximum Gasteiger partial charge on any atom is 0.317 e. The Kier molecular flexibility index (Phi) is 6.99. The Hall–Kier alpha value is -3.00. The fourth-order valence-electron chi connectivity index (χ4n) is 4.32. The van der Waals surface area contributed by atoms with E-state index < -0.39 is 0 Å². The largest absolute Gasteiger partial charge is 0.497 e. The van der Waals surface area contributed by atoms with Crippen LogP contribution >= 0.6 is 0 Å². The standard InChI is InChI=1S/C24H33N5O3/c1-18-16-29(17-19(2)32-18)23-9-4-20(14-25-23)15-26-24(30)28-12-10-27(11-13-28)21-5-7-22(31-3)8-6-21/h4-9,14,18-19H,10-13,15-17H2,1-3H3,(H,26,30). The number of pyridine rings is 1. The molecule has 2 aromatic rings. The minimum atomic E-state index is -0.0284. The van der Waals surface area contributed by atoms with E-state index in [1.165, 1.54) is 0 Å². The van der Waals surface area contributed by atoms with Gasteiger partial charge in [0.05, 0.1) is 19.3 Å². The molecule has 0 spiro atoms. The fourth-order valence-corrected chi connectivity index (χ4v) is 4.32. The van der Waals surface area contributed by atoms with Crippen LogP contribution in [0.4, 0.5) is 16.3 Å². The molecule has 1 N–H and O–H groups in total. The number of carbonyl (C=O) groups is 1. The summed E-state index contributed by atoms with van der Waals surface area (Å²) in [4.78, 5) is 23.6. The van der Waals surface area contributed by atoms with E-state index >= 15 is 0 Å². The number of urea groups is 1. The third-order valence-corrected chi connectivity index (χ3v) is 6.00. The number of nitrogens with one attached hydrogen (secondary N) is 1. The minimum Gasteiger partial charge on any atom is -0.497 e. The predicted octanol–water partition coefficient (Wildman–Crippen LogP) is 2.74. The van der Waals surface area contributed by atoms with Gasteiger partial charge in [0, 0.05) is 57.7 Å². The lowest BCUT2D eigenvalue weighted by Crippen LogP contribution is -2.51. The summed E-state index contributed by atoms with van der Waals surface area (Å²) in [5, 5.41) is 3.03. The van der Waals surface area contributed by atoms with Crippen LogP contribution in [0.2, 0.25) is 0 Å². The highest BCUT2D eigenvalue weighted by Crippen LogP contribution is 2.21. The zero-order valence-electron chi connectivity index (χ0n) is 19.2. The van der Waals surface area contributed by atoms with E-state index in [9.17, 15) is 4.79 Å². The Bertz CT molecular complexity index is 872. The molecule has 2 aliphatic heterocycles. The molecule has 4 rings (SSSR count). The number of rotatable bonds is 5. The Morgan fingerprint density at radius 1 is 1.03 bits per heavy atom. The average Bonchev–Trinajstić information content (AvgIpc) is 2.82. The Labute approximate surface area is 190 Å². The van der Waals surface area contributed by atoms with Crippen LogP contribution in [0.15, 0.2) is 42.6 Å². The molecule has 0 aliphatic carbocycles. The molecule has 3 heterocycles. The molecule has 2 unspecified atom stereocenters. The van der Waals surface area contributed by atoms with Crippen molar-refractivity contribution in [2.24, 2.45) is 0 Å². The number of methoxy groups -OCH3 is 1. The zero-order chi connectivity index (χ0) is 22.5. The third kappa shape index (κ3) is 5.43. The van der Waals surface area contributed by atoms with Crippen molar-refractivity contribution in [3.63, 3.8) is 0 Å². The van der Waals surface area contributed by atoms with Gasteiger partial charge in [-0.15, -0.1) is 0 Å². The molecule has 172 valence electrons. The molecule has 2 saturated heterocycles. The highest BCUT2D eigenvalue weighted by atomic mass is 16.5. The van der Waals surface area contributed by atoms with Crippen molar-refractivity contribution in [3.8, 4) is 5.75 Å². The van der Waals surface area contributed by atoms with E-state index in [2.05, 4.69) is 46.1 Å². The van der Waals surface area contributed by atoms with Crippen LogP contribution in [-0.2, 0) is 11.3 Å². The maximum absolute atomic E-state index is 12.6. The molecule has 1 aromatic heterocycles. The van der Waals surface area contributed by atoms with Gasteiger partial charge in [-0.05, 0) is 49.7 Å².